The number of nitrogens with zero attached hydrogens (tertiary/aromatic N) is 1. The van der Waals surface area contributed by atoms with E-state index in [1.807, 2.05) is 34.6 Å². The number of ether oxygens (including phenoxy) is 2. The molecule has 3 unspecified atom stereocenters. The maximum atomic E-state index is 14.3. The van der Waals surface area contributed by atoms with Crippen molar-refractivity contribution < 1.29 is 29.0 Å². The summed E-state index contributed by atoms with van der Waals surface area (Å²) in [7, 11) is 0. The van der Waals surface area contributed by atoms with Gasteiger partial charge in [-0.1, -0.05) is 34.1 Å². The molecule has 216 valence electrons. The van der Waals surface area contributed by atoms with Gasteiger partial charge in [0.25, 0.3) is 0 Å². The molecule has 3 fully saturated rings. The van der Waals surface area contributed by atoms with Crippen molar-refractivity contribution in [3.05, 3.63) is 24.3 Å². The minimum atomic E-state index is -1.12. The second-order valence-corrected chi connectivity index (χ2v) is 11.7. The van der Waals surface area contributed by atoms with Gasteiger partial charge in [0, 0.05) is 11.7 Å². The van der Waals surface area contributed by atoms with Crippen LogP contribution in [0.15, 0.2) is 24.3 Å². The van der Waals surface area contributed by atoms with Crippen LogP contribution in [0.2, 0.25) is 0 Å². The number of benzene rings is 1. The first-order valence-corrected chi connectivity index (χ1v) is 14.6. The largest absolute Gasteiger partial charge is 0.494 e. The van der Waals surface area contributed by atoms with Crippen molar-refractivity contribution in [2.24, 2.45) is 17.8 Å². The fourth-order valence-corrected chi connectivity index (χ4v) is 7.18. The van der Waals surface area contributed by atoms with E-state index >= 15 is 0 Å². The number of hydrogen-bond donors (Lipinski definition) is 3. The fourth-order valence-electron chi connectivity index (χ4n) is 7.18. The molecule has 9 nitrogen and oxygen atoms in total. The Morgan fingerprint density at radius 3 is 2.38 bits per heavy atom. The van der Waals surface area contributed by atoms with Crippen LogP contribution in [0.3, 0.4) is 0 Å². The number of rotatable bonds is 12. The molecule has 0 radical (unpaired) electrons. The molecule has 39 heavy (non-hydrogen) atoms. The van der Waals surface area contributed by atoms with Gasteiger partial charge in [-0.3, -0.25) is 14.4 Å². The first-order chi connectivity index (χ1) is 18.6. The number of carbonyl (C=O) groups excluding carboxylic acids is 3. The first-order valence-electron chi connectivity index (χ1n) is 14.6. The van der Waals surface area contributed by atoms with Gasteiger partial charge in [0.05, 0.1) is 36.7 Å². The monoisotopic (exact) mass is 543 g/mol. The zero-order valence-electron chi connectivity index (χ0n) is 24.2. The molecule has 3 saturated heterocycles. The maximum absolute atomic E-state index is 14.3. The number of amides is 3. The summed E-state index contributed by atoms with van der Waals surface area (Å²) in [5, 5.41) is 16.5. The Balaban J connectivity index is 1.72. The summed E-state index contributed by atoms with van der Waals surface area (Å²) in [6, 6.07) is 5.60. The van der Waals surface area contributed by atoms with E-state index in [0.29, 0.717) is 37.3 Å². The summed E-state index contributed by atoms with van der Waals surface area (Å²) in [5.41, 5.74) is -1.35. The van der Waals surface area contributed by atoms with Crippen molar-refractivity contribution in [3.63, 3.8) is 0 Å². The highest BCUT2D eigenvalue weighted by molar-refractivity contribution is 6.02. The summed E-state index contributed by atoms with van der Waals surface area (Å²) in [6.45, 7) is 12.0. The number of nitrogens with one attached hydrogen (secondary N) is 2. The molecule has 7 atom stereocenters. The number of fused-ring (bicyclic) bond motifs is 1. The highest BCUT2D eigenvalue weighted by Gasteiger charge is 2.79. The molecule has 0 saturated carbocycles. The summed E-state index contributed by atoms with van der Waals surface area (Å²) >= 11 is 0. The van der Waals surface area contributed by atoms with Crippen LogP contribution < -0.4 is 15.4 Å². The minimum absolute atomic E-state index is 0.0703. The van der Waals surface area contributed by atoms with Gasteiger partial charge < -0.3 is 30.1 Å². The zero-order chi connectivity index (χ0) is 28.5. The lowest BCUT2D eigenvalue weighted by molar-refractivity contribution is -0.151. The first kappa shape index (κ1) is 29.3. The second-order valence-electron chi connectivity index (χ2n) is 11.7. The number of anilines is 1. The Morgan fingerprint density at radius 2 is 1.82 bits per heavy atom. The summed E-state index contributed by atoms with van der Waals surface area (Å²) in [4.78, 5) is 43.7. The number of carbonyl (C=O) groups is 3. The standard InChI is InChI=1S/C30H45N3O6/c1-7-10-19(6)31-27(36)25-30-16-15-29(8-2,39-30)23(24(30)28(37)33(25)22(17-34)18(4)5)26(35)32-20-11-13-21(14-12-20)38-9-3/h11-14,18-19,22-25,34H,7-10,15-17H2,1-6H3,(H,31,36)(H,32,35)/t19?,22-,23-,24-,25?,29+,30?/m0/s1. The Labute approximate surface area is 232 Å². The number of aliphatic hydroxyl groups excluding tert-OH is 1. The molecule has 3 amide bonds. The molecule has 0 aliphatic carbocycles. The van der Waals surface area contributed by atoms with E-state index in [9.17, 15) is 19.5 Å². The fraction of sp³-hybridized carbons (Fsp3) is 0.700. The smallest absolute Gasteiger partial charge is 0.246 e. The highest BCUT2D eigenvalue weighted by atomic mass is 16.5. The van der Waals surface area contributed by atoms with Crippen molar-refractivity contribution in [1.29, 1.82) is 0 Å². The second kappa shape index (κ2) is 11.5. The average molecular weight is 544 g/mol. The Bertz CT molecular complexity index is 1060. The Morgan fingerprint density at radius 1 is 1.13 bits per heavy atom. The van der Waals surface area contributed by atoms with Gasteiger partial charge in [-0.15, -0.1) is 0 Å². The van der Waals surface area contributed by atoms with Crippen LogP contribution >= 0.6 is 0 Å². The minimum Gasteiger partial charge on any atom is -0.494 e. The molecule has 9 heteroatoms. The normalized spacial score (nSPS) is 30.8. The van der Waals surface area contributed by atoms with E-state index in [4.69, 9.17) is 9.47 Å². The predicted molar refractivity (Wildman–Crippen MR) is 148 cm³/mol. The van der Waals surface area contributed by atoms with Gasteiger partial charge in [0.1, 0.15) is 17.4 Å². The van der Waals surface area contributed by atoms with Crippen LogP contribution in [-0.2, 0) is 19.1 Å². The average Bonchev–Trinajstić information content (AvgIpc) is 3.49. The van der Waals surface area contributed by atoms with Gasteiger partial charge in [0.15, 0.2) is 0 Å². The third-order valence-corrected chi connectivity index (χ3v) is 9.01. The number of aliphatic hydroxyl groups is 1. The van der Waals surface area contributed by atoms with Crippen LogP contribution in [0.5, 0.6) is 5.75 Å². The van der Waals surface area contributed by atoms with Gasteiger partial charge in [-0.2, -0.15) is 0 Å². The molecule has 3 N–H and O–H groups in total. The molecule has 4 rings (SSSR count). The maximum Gasteiger partial charge on any atom is 0.246 e. The topological polar surface area (TPSA) is 117 Å². The molecule has 2 bridgehead atoms. The molecular formula is C30H45N3O6. The van der Waals surface area contributed by atoms with Gasteiger partial charge in [-0.05, 0) is 69.7 Å². The molecule has 1 aromatic rings. The third kappa shape index (κ3) is 4.92. The van der Waals surface area contributed by atoms with Gasteiger partial charge in [0.2, 0.25) is 17.7 Å². The van der Waals surface area contributed by atoms with Crippen molar-refractivity contribution in [2.75, 3.05) is 18.5 Å². The molecule has 3 heterocycles. The van der Waals surface area contributed by atoms with E-state index in [2.05, 4.69) is 17.6 Å². The van der Waals surface area contributed by atoms with E-state index in [1.54, 1.807) is 29.2 Å². The molecular weight excluding hydrogens is 498 g/mol. The van der Waals surface area contributed by atoms with Crippen LogP contribution in [0.25, 0.3) is 0 Å². The lowest BCUT2D eigenvalue weighted by Gasteiger charge is -2.39. The van der Waals surface area contributed by atoms with Gasteiger partial charge >= 0.3 is 0 Å². The van der Waals surface area contributed by atoms with Crippen molar-refractivity contribution in [1.82, 2.24) is 10.2 Å². The number of hydrogen-bond acceptors (Lipinski definition) is 6. The molecule has 3 aliphatic heterocycles. The summed E-state index contributed by atoms with van der Waals surface area (Å²) in [6.07, 6.45) is 3.37. The molecule has 1 aromatic carbocycles. The molecule has 3 aliphatic rings. The van der Waals surface area contributed by atoms with Crippen molar-refractivity contribution in [2.45, 2.75) is 103 Å². The van der Waals surface area contributed by atoms with Gasteiger partial charge in [-0.25, -0.2) is 0 Å². The lowest BCUT2D eigenvalue weighted by Crippen LogP contribution is -2.59. The lowest BCUT2D eigenvalue weighted by atomic mass is 9.65. The Hall–Kier alpha value is -2.65. The number of likely N-dealkylation sites (tertiary alicyclic amines) is 1. The van der Waals surface area contributed by atoms with E-state index in [-0.39, 0.29) is 36.3 Å². The van der Waals surface area contributed by atoms with E-state index < -0.39 is 35.1 Å². The van der Waals surface area contributed by atoms with Crippen molar-refractivity contribution >= 4 is 23.4 Å². The van der Waals surface area contributed by atoms with E-state index in [1.165, 1.54) is 0 Å². The quantitative estimate of drug-likeness (QED) is 0.372. The third-order valence-electron chi connectivity index (χ3n) is 9.01. The van der Waals surface area contributed by atoms with Crippen LogP contribution in [0.4, 0.5) is 5.69 Å². The van der Waals surface area contributed by atoms with Crippen LogP contribution in [0.1, 0.15) is 73.6 Å². The van der Waals surface area contributed by atoms with Crippen molar-refractivity contribution in [3.8, 4) is 5.75 Å². The zero-order valence-corrected chi connectivity index (χ0v) is 24.2. The van der Waals surface area contributed by atoms with Crippen LogP contribution in [0, 0.1) is 17.8 Å². The van der Waals surface area contributed by atoms with E-state index in [0.717, 1.165) is 12.8 Å². The predicted octanol–water partition coefficient (Wildman–Crippen LogP) is 3.50. The highest BCUT2D eigenvalue weighted by Crippen LogP contribution is 2.64. The SMILES string of the molecule is CCCC(C)NC(=O)C1N([C@@H](CO)C(C)C)C(=O)[C@@H]2[C@@H](C(=O)Nc3ccc(OCC)cc3)[C@@]3(CC)CCC12O3. The summed E-state index contributed by atoms with van der Waals surface area (Å²) in [5.74, 6) is -1.79. The Kier molecular flexibility index (Phi) is 8.61. The molecule has 0 aromatic heterocycles. The van der Waals surface area contributed by atoms with Crippen LogP contribution in [-0.4, -0.2) is 70.3 Å². The molecule has 1 spiro atoms. The summed E-state index contributed by atoms with van der Waals surface area (Å²) < 4.78 is 12.3.